The van der Waals surface area contributed by atoms with Crippen molar-refractivity contribution >= 4 is 11.7 Å². The van der Waals surface area contributed by atoms with Crippen molar-refractivity contribution in [2.75, 3.05) is 6.61 Å². The number of pyridine rings is 1. The minimum atomic E-state index is -3.15. The molecule has 0 aliphatic carbocycles. The Morgan fingerprint density at radius 2 is 2.32 bits per heavy atom. The van der Waals surface area contributed by atoms with Gasteiger partial charge in [-0.2, -0.15) is 5.26 Å². The Morgan fingerprint density at radius 1 is 1.68 bits per heavy atom. The Kier molecular flexibility index (Phi) is 4.41. The molecule has 1 heterocycles. The maximum atomic E-state index is 12.8. The van der Waals surface area contributed by atoms with E-state index in [9.17, 15) is 23.7 Å². The Bertz CT molecular complexity index is 569. The number of carbonyl (C=O) groups excluding carboxylic acids is 1. The van der Waals surface area contributed by atoms with Crippen molar-refractivity contribution in [3.8, 4) is 6.07 Å². The van der Waals surface area contributed by atoms with Crippen LogP contribution in [0.15, 0.2) is 6.20 Å². The second-order valence-electron chi connectivity index (χ2n) is 3.18. The van der Waals surface area contributed by atoms with Crippen LogP contribution in [0.3, 0.4) is 0 Å². The Labute approximate surface area is 105 Å². The van der Waals surface area contributed by atoms with E-state index in [1.54, 1.807) is 0 Å². The molecular formula is C10H7F2N3O4. The third kappa shape index (κ3) is 2.79. The first-order valence-corrected chi connectivity index (χ1v) is 4.96. The number of nitriles is 1. The number of ether oxygens (including phenoxy) is 1. The molecule has 100 valence electrons. The quantitative estimate of drug-likeness (QED) is 0.470. The maximum absolute atomic E-state index is 12.8. The number of nitro groups is 1. The van der Waals surface area contributed by atoms with Gasteiger partial charge in [-0.3, -0.25) is 10.1 Å². The van der Waals surface area contributed by atoms with Gasteiger partial charge in [-0.05, 0) is 6.92 Å². The molecule has 0 saturated heterocycles. The van der Waals surface area contributed by atoms with Gasteiger partial charge in [0.25, 0.3) is 6.43 Å². The van der Waals surface area contributed by atoms with Crippen molar-refractivity contribution in [3.63, 3.8) is 0 Å². The van der Waals surface area contributed by atoms with E-state index < -0.39 is 39.8 Å². The molecule has 1 aromatic rings. The number of nitrogens with zero attached hydrogens (tertiary/aromatic N) is 3. The molecule has 0 N–H and O–H groups in total. The number of alkyl halides is 2. The molecule has 1 rings (SSSR count). The summed E-state index contributed by atoms with van der Waals surface area (Å²) in [5.74, 6) is -1.29. The van der Waals surface area contributed by atoms with Crippen LogP contribution in [-0.4, -0.2) is 22.5 Å². The lowest BCUT2D eigenvalue weighted by Crippen LogP contribution is -2.14. The molecule has 0 amide bonds. The third-order valence-corrected chi connectivity index (χ3v) is 2.09. The zero-order valence-corrected chi connectivity index (χ0v) is 9.59. The van der Waals surface area contributed by atoms with Crippen LogP contribution in [0, 0.1) is 21.4 Å². The Balaban J connectivity index is 3.64. The molecular weight excluding hydrogens is 264 g/mol. The molecule has 19 heavy (non-hydrogen) atoms. The smallest absolute Gasteiger partial charge is 0.345 e. The molecule has 7 nitrogen and oxygen atoms in total. The van der Waals surface area contributed by atoms with Crippen molar-refractivity contribution < 1.29 is 23.2 Å². The predicted molar refractivity (Wildman–Crippen MR) is 56.5 cm³/mol. The van der Waals surface area contributed by atoms with Gasteiger partial charge in [-0.1, -0.05) is 0 Å². The lowest BCUT2D eigenvalue weighted by molar-refractivity contribution is -0.385. The SMILES string of the molecule is CCOC(=O)c1c(C(F)F)cnc(C#N)c1[N+](=O)[O-]. The highest BCUT2D eigenvalue weighted by Crippen LogP contribution is 2.31. The van der Waals surface area contributed by atoms with Crippen LogP contribution in [0.1, 0.15) is 35.0 Å². The van der Waals surface area contributed by atoms with E-state index in [0.717, 1.165) is 0 Å². The summed E-state index contributed by atoms with van der Waals surface area (Å²) in [6, 6.07) is 1.37. The van der Waals surface area contributed by atoms with E-state index >= 15 is 0 Å². The maximum Gasteiger partial charge on any atom is 0.345 e. The third-order valence-electron chi connectivity index (χ3n) is 2.09. The van der Waals surface area contributed by atoms with Crippen molar-refractivity contribution in [2.45, 2.75) is 13.3 Å². The summed E-state index contributed by atoms with van der Waals surface area (Å²) in [5, 5.41) is 19.5. The van der Waals surface area contributed by atoms with E-state index in [2.05, 4.69) is 9.72 Å². The Hall–Kier alpha value is -2.63. The molecule has 9 heteroatoms. The van der Waals surface area contributed by atoms with Crippen LogP contribution in [0.5, 0.6) is 0 Å². The molecule has 0 saturated carbocycles. The summed E-state index contributed by atoms with van der Waals surface area (Å²) in [7, 11) is 0. The molecule has 0 aliphatic rings. The van der Waals surface area contributed by atoms with E-state index in [1.165, 1.54) is 13.0 Å². The fourth-order valence-corrected chi connectivity index (χ4v) is 1.36. The first-order valence-electron chi connectivity index (χ1n) is 4.96. The van der Waals surface area contributed by atoms with E-state index in [4.69, 9.17) is 5.26 Å². The van der Waals surface area contributed by atoms with E-state index in [0.29, 0.717) is 6.20 Å². The van der Waals surface area contributed by atoms with Crippen LogP contribution >= 0.6 is 0 Å². The van der Waals surface area contributed by atoms with Gasteiger partial charge in [-0.25, -0.2) is 18.6 Å². The van der Waals surface area contributed by atoms with Crippen molar-refractivity contribution in [1.29, 1.82) is 5.26 Å². The average Bonchev–Trinajstić information content (AvgIpc) is 2.36. The van der Waals surface area contributed by atoms with Crippen molar-refractivity contribution in [2.24, 2.45) is 0 Å². The van der Waals surface area contributed by atoms with Gasteiger partial charge in [0.1, 0.15) is 6.07 Å². The number of hydrogen-bond donors (Lipinski definition) is 0. The highest BCUT2D eigenvalue weighted by molar-refractivity contribution is 5.96. The molecule has 0 bridgehead atoms. The second kappa shape index (κ2) is 5.81. The van der Waals surface area contributed by atoms with E-state index in [-0.39, 0.29) is 6.61 Å². The van der Waals surface area contributed by atoms with Gasteiger partial charge in [0.05, 0.1) is 17.1 Å². The molecule has 1 aromatic heterocycles. The molecule has 0 spiro atoms. The Morgan fingerprint density at radius 3 is 2.74 bits per heavy atom. The monoisotopic (exact) mass is 271 g/mol. The number of aromatic nitrogens is 1. The highest BCUT2D eigenvalue weighted by Gasteiger charge is 2.33. The highest BCUT2D eigenvalue weighted by atomic mass is 19.3. The standard InChI is InChI=1S/C10H7F2N3O4/c1-2-19-10(16)7-5(9(11)12)4-14-6(3-13)8(7)15(17)18/h4,9H,2H2,1H3. The number of carbonyl (C=O) groups is 1. The minimum Gasteiger partial charge on any atom is -0.462 e. The van der Waals surface area contributed by atoms with Crippen molar-refractivity contribution in [3.05, 3.63) is 33.1 Å². The number of hydrogen-bond acceptors (Lipinski definition) is 6. The summed E-state index contributed by atoms with van der Waals surface area (Å²) < 4.78 is 30.0. The fourth-order valence-electron chi connectivity index (χ4n) is 1.36. The van der Waals surface area contributed by atoms with Crippen molar-refractivity contribution in [1.82, 2.24) is 4.98 Å². The predicted octanol–water partition coefficient (Wildman–Crippen LogP) is 1.98. The first-order chi connectivity index (χ1) is 8.93. The van der Waals surface area contributed by atoms with Crippen LogP contribution in [0.2, 0.25) is 0 Å². The molecule has 0 fully saturated rings. The van der Waals surface area contributed by atoms with Crippen LogP contribution in [-0.2, 0) is 4.74 Å². The second-order valence-corrected chi connectivity index (χ2v) is 3.18. The summed E-state index contributed by atoms with van der Waals surface area (Å²) in [4.78, 5) is 24.6. The van der Waals surface area contributed by atoms with Gasteiger partial charge >= 0.3 is 11.7 Å². The molecule has 0 aliphatic heterocycles. The van der Waals surface area contributed by atoms with Crippen LogP contribution < -0.4 is 0 Å². The normalized spacial score (nSPS) is 10.1. The number of esters is 1. The average molecular weight is 271 g/mol. The summed E-state index contributed by atoms with van der Waals surface area (Å²) in [6.45, 7) is 1.26. The van der Waals surface area contributed by atoms with E-state index in [1.807, 2.05) is 0 Å². The summed E-state index contributed by atoms with van der Waals surface area (Å²) in [5.41, 5.74) is -3.67. The van der Waals surface area contributed by atoms with Crippen LogP contribution in [0.4, 0.5) is 14.5 Å². The lowest BCUT2D eigenvalue weighted by atomic mass is 10.1. The molecule has 0 aromatic carbocycles. The number of halogens is 2. The topological polar surface area (TPSA) is 106 Å². The summed E-state index contributed by atoms with van der Waals surface area (Å²) in [6.07, 6.45) is -2.60. The summed E-state index contributed by atoms with van der Waals surface area (Å²) >= 11 is 0. The van der Waals surface area contributed by atoms with Gasteiger partial charge in [0.2, 0.25) is 5.69 Å². The van der Waals surface area contributed by atoms with Gasteiger partial charge < -0.3 is 4.74 Å². The zero-order chi connectivity index (χ0) is 14.6. The minimum absolute atomic E-state index is 0.150. The first kappa shape index (κ1) is 14.4. The fraction of sp³-hybridized carbons (Fsp3) is 0.300. The van der Waals surface area contributed by atoms with Gasteiger partial charge in [-0.15, -0.1) is 0 Å². The van der Waals surface area contributed by atoms with Crippen LogP contribution in [0.25, 0.3) is 0 Å². The largest absolute Gasteiger partial charge is 0.462 e. The zero-order valence-electron chi connectivity index (χ0n) is 9.59. The number of rotatable bonds is 4. The lowest BCUT2D eigenvalue weighted by Gasteiger charge is -2.08. The van der Waals surface area contributed by atoms with Gasteiger partial charge in [0, 0.05) is 6.20 Å². The van der Waals surface area contributed by atoms with Gasteiger partial charge in [0.15, 0.2) is 5.56 Å². The molecule has 0 atom stereocenters. The molecule has 0 radical (unpaired) electrons. The molecule has 0 unspecified atom stereocenters.